The molecular weight excluding hydrogens is 407 g/mol. The molecule has 1 aromatic heterocycles. The molecule has 10 heteroatoms. The predicted molar refractivity (Wildman–Crippen MR) is 98.9 cm³/mol. The van der Waals surface area contributed by atoms with Crippen LogP contribution in [0.25, 0.3) is 0 Å². The SMILES string of the molecule is O=C(CC1COCCN1CC(O)c1ccccc1)c1ccco1.O=C(O)C(F)(F)F. The van der Waals surface area contributed by atoms with Crippen LogP contribution < -0.4 is 0 Å². The van der Waals surface area contributed by atoms with Crippen molar-refractivity contribution in [1.29, 1.82) is 0 Å². The van der Waals surface area contributed by atoms with Gasteiger partial charge in [-0.1, -0.05) is 30.3 Å². The highest BCUT2D eigenvalue weighted by Gasteiger charge is 2.38. The third kappa shape index (κ3) is 7.29. The second kappa shape index (κ2) is 10.9. The van der Waals surface area contributed by atoms with Crippen molar-refractivity contribution >= 4 is 11.8 Å². The molecule has 2 heterocycles. The molecule has 2 atom stereocenters. The van der Waals surface area contributed by atoms with Gasteiger partial charge in [0.1, 0.15) is 0 Å². The van der Waals surface area contributed by atoms with E-state index in [1.165, 1.54) is 6.26 Å². The van der Waals surface area contributed by atoms with E-state index in [1.807, 2.05) is 30.3 Å². The van der Waals surface area contributed by atoms with Crippen molar-refractivity contribution in [3.8, 4) is 0 Å². The van der Waals surface area contributed by atoms with E-state index >= 15 is 0 Å². The van der Waals surface area contributed by atoms with Gasteiger partial charge in [0.05, 0.1) is 25.6 Å². The number of aliphatic hydroxyl groups excluding tert-OH is 1. The Labute approximate surface area is 170 Å². The lowest BCUT2D eigenvalue weighted by molar-refractivity contribution is -0.192. The minimum Gasteiger partial charge on any atom is -0.475 e. The summed E-state index contributed by atoms with van der Waals surface area (Å²) in [5, 5.41) is 17.5. The topological polar surface area (TPSA) is 100 Å². The maximum atomic E-state index is 12.2. The van der Waals surface area contributed by atoms with E-state index in [0.29, 0.717) is 38.5 Å². The predicted octanol–water partition coefficient (Wildman–Crippen LogP) is 2.92. The van der Waals surface area contributed by atoms with E-state index in [2.05, 4.69) is 4.90 Å². The number of rotatable bonds is 6. The summed E-state index contributed by atoms with van der Waals surface area (Å²) >= 11 is 0. The van der Waals surface area contributed by atoms with E-state index in [4.69, 9.17) is 19.1 Å². The Kier molecular flexibility index (Phi) is 8.58. The third-order valence-electron chi connectivity index (χ3n) is 4.40. The summed E-state index contributed by atoms with van der Waals surface area (Å²) in [4.78, 5) is 23.3. The molecule has 0 spiro atoms. The molecule has 1 aliphatic rings. The number of aliphatic hydroxyl groups is 1. The Morgan fingerprint density at radius 3 is 2.40 bits per heavy atom. The van der Waals surface area contributed by atoms with E-state index < -0.39 is 18.2 Å². The molecule has 0 aliphatic carbocycles. The van der Waals surface area contributed by atoms with Crippen molar-refractivity contribution in [2.75, 3.05) is 26.3 Å². The van der Waals surface area contributed by atoms with Crippen LogP contribution in [0.1, 0.15) is 28.6 Å². The summed E-state index contributed by atoms with van der Waals surface area (Å²) in [6.45, 7) is 2.31. The molecule has 2 unspecified atom stereocenters. The fraction of sp³-hybridized carbons (Fsp3) is 0.400. The quantitative estimate of drug-likeness (QED) is 0.681. The van der Waals surface area contributed by atoms with Gasteiger partial charge in [0, 0.05) is 25.6 Å². The van der Waals surface area contributed by atoms with Crippen molar-refractivity contribution in [3.63, 3.8) is 0 Å². The molecule has 0 saturated carbocycles. The fourth-order valence-corrected chi connectivity index (χ4v) is 2.87. The number of carboxylic acids is 1. The molecule has 1 saturated heterocycles. The number of morpholine rings is 1. The first kappa shape index (κ1) is 23.6. The van der Waals surface area contributed by atoms with E-state index in [0.717, 1.165) is 5.56 Å². The number of hydrogen-bond acceptors (Lipinski definition) is 6. The van der Waals surface area contributed by atoms with Crippen molar-refractivity contribution < 1.29 is 42.1 Å². The average molecular weight is 429 g/mol. The van der Waals surface area contributed by atoms with Gasteiger partial charge in [-0.15, -0.1) is 0 Å². The Balaban J connectivity index is 0.000000396. The van der Waals surface area contributed by atoms with Crippen LogP contribution in [0, 0.1) is 0 Å². The monoisotopic (exact) mass is 429 g/mol. The molecular formula is C20H22F3NO6. The third-order valence-corrected chi connectivity index (χ3v) is 4.40. The van der Waals surface area contributed by atoms with Crippen molar-refractivity contribution in [2.24, 2.45) is 0 Å². The number of alkyl halides is 3. The normalized spacial score (nSPS) is 18.2. The molecule has 0 bridgehead atoms. The Morgan fingerprint density at radius 1 is 1.17 bits per heavy atom. The van der Waals surface area contributed by atoms with Gasteiger partial charge in [0.25, 0.3) is 0 Å². The number of Topliss-reactive ketones (excluding diaryl/α,β-unsaturated/α-hetero) is 1. The summed E-state index contributed by atoms with van der Waals surface area (Å²) < 4.78 is 42.4. The van der Waals surface area contributed by atoms with Gasteiger partial charge in [-0.25, -0.2) is 4.79 Å². The van der Waals surface area contributed by atoms with Crippen LogP contribution in [0.2, 0.25) is 0 Å². The molecule has 1 aliphatic heterocycles. The van der Waals surface area contributed by atoms with Crippen LogP contribution in [-0.2, 0) is 9.53 Å². The fourth-order valence-electron chi connectivity index (χ4n) is 2.87. The first-order chi connectivity index (χ1) is 14.2. The number of halogens is 3. The molecule has 0 radical (unpaired) electrons. The molecule has 164 valence electrons. The molecule has 30 heavy (non-hydrogen) atoms. The lowest BCUT2D eigenvalue weighted by Crippen LogP contribution is -2.48. The van der Waals surface area contributed by atoms with Gasteiger partial charge in [0.15, 0.2) is 11.5 Å². The van der Waals surface area contributed by atoms with Crippen LogP contribution in [0.15, 0.2) is 53.1 Å². The zero-order chi connectivity index (χ0) is 22.1. The van der Waals surface area contributed by atoms with Crippen LogP contribution >= 0.6 is 0 Å². The van der Waals surface area contributed by atoms with Gasteiger partial charge in [-0.2, -0.15) is 13.2 Å². The highest BCUT2D eigenvalue weighted by molar-refractivity contribution is 5.93. The molecule has 3 rings (SSSR count). The number of aliphatic carboxylic acids is 1. The van der Waals surface area contributed by atoms with Gasteiger partial charge in [0.2, 0.25) is 0 Å². The van der Waals surface area contributed by atoms with Crippen LogP contribution in [0.3, 0.4) is 0 Å². The summed E-state index contributed by atoms with van der Waals surface area (Å²) in [7, 11) is 0. The number of nitrogens with zero attached hydrogens (tertiary/aromatic N) is 1. The number of furan rings is 1. The number of carbonyl (C=O) groups excluding carboxylic acids is 1. The van der Waals surface area contributed by atoms with Crippen molar-refractivity contribution in [2.45, 2.75) is 24.7 Å². The van der Waals surface area contributed by atoms with Gasteiger partial charge in [-0.3, -0.25) is 9.69 Å². The Hall–Kier alpha value is -2.69. The zero-order valence-electron chi connectivity index (χ0n) is 15.9. The molecule has 7 nitrogen and oxygen atoms in total. The van der Waals surface area contributed by atoms with E-state index in [9.17, 15) is 23.1 Å². The first-order valence-corrected chi connectivity index (χ1v) is 9.10. The largest absolute Gasteiger partial charge is 0.490 e. The summed E-state index contributed by atoms with van der Waals surface area (Å²) in [5.41, 5.74) is 0.884. The number of hydrogen-bond donors (Lipinski definition) is 2. The number of ketones is 1. The summed E-state index contributed by atoms with van der Waals surface area (Å²) in [6, 6.07) is 12.9. The number of benzene rings is 1. The lowest BCUT2D eigenvalue weighted by atomic mass is 10.0. The molecule has 2 N–H and O–H groups in total. The minimum absolute atomic E-state index is 0.0373. The maximum Gasteiger partial charge on any atom is 0.490 e. The highest BCUT2D eigenvalue weighted by atomic mass is 19.4. The van der Waals surface area contributed by atoms with Gasteiger partial charge in [-0.05, 0) is 17.7 Å². The smallest absolute Gasteiger partial charge is 0.475 e. The van der Waals surface area contributed by atoms with Crippen molar-refractivity contribution in [3.05, 3.63) is 60.1 Å². The molecule has 0 amide bonds. The molecule has 2 aromatic rings. The first-order valence-electron chi connectivity index (χ1n) is 9.10. The molecule has 1 fully saturated rings. The second-order valence-corrected chi connectivity index (χ2v) is 6.56. The van der Waals surface area contributed by atoms with Crippen molar-refractivity contribution in [1.82, 2.24) is 4.90 Å². The molecule has 1 aromatic carbocycles. The minimum atomic E-state index is -5.08. The maximum absolute atomic E-state index is 12.2. The number of ether oxygens (including phenoxy) is 1. The zero-order valence-corrected chi connectivity index (χ0v) is 15.9. The van der Waals surface area contributed by atoms with Crippen LogP contribution in [0.5, 0.6) is 0 Å². The van der Waals surface area contributed by atoms with E-state index in [1.54, 1.807) is 12.1 Å². The summed E-state index contributed by atoms with van der Waals surface area (Å²) in [6.07, 6.45) is -3.83. The van der Waals surface area contributed by atoms with Gasteiger partial charge < -0.3 is 19.4 Å². The highest BCUT2D eigenvalue weighted by Crippen LogP contribution is 2.20. The average Bonchev–Trinajstić information content (AvgIpc) is 3.25. The van der Waals surface area contributed by atoms with Crippen LogP contribution in [-0.4, -0.2) is 65.4 Å². The summed E-state index contributed by atoms with van der Waals surface area (Å²) in [5.74, 6) is -2.42. The standard InChI is InChI=1S/C18H21NO4.C2HF3O2/c20-16(18-7-4-9-23-18)11-15-13-22-10-8-19(15)12-17(21)14-5-2-1-3-6-14;3-2(4,5)1(6)7/h1-7,9,15,17,21H,8,10-13H2;(H,6,7). The van der Waals surface area contributed by atoms with Gasteiger partial charge >= 0.3 is 12.1 Å². The lowest BCUT2D eigenvalue weighted by Gasteiger charge is -2.36. The Morgan fingerprint density at radius 2 is 1.83 bits per heavy atom. The number of carboxylic acid groups (broad SMARTS) is 1. The Bertz CT molecular complexity index is 795. The van der Waals surface area contributed by atoms with E-state index in [-0.39, 0.29) is 11.8 Å². The second-order valence-electron chi connectivity index (χ2n) is 6.56. The number of carbonyl (C=O) groups is 2. The number of β-amino-alcohol motifs (C(OH)–C–C–N with tert-alkyl or cyclic N) is 1. The van der Waals surface area contributed by atoms with Crippen LogP contribution in [0.4, 0.5) is 13.2 Å².